The second-order valence-corrected chi connectivity index (χ2v) is 8.07. The van der Waals surface area contributed by atoms with E-state index in [-0.39, 0.29) is 11.9 Å². The van der Waals surface area contributed by atoms with Gasteiger partial charge in [0.05, 0.1) is 19.4 Å². The summed E-state index contributed by atoms with van der Waals surface area (Å²) in [6, 6.07) is 20.4. The summed E-state index contributed by atoms with van der Waals surface area (Å²) in [6.07, 6.45) is 0. The maximum absolute atomic E-state index is 13.2. The third-order valence-electron chi connectivity index (χ3n) is 4.94. The zero-order chi connectivity index (χ0) is 24.1. The SMILES string of the molecule is COc1ccc(-c2nc(OCC(C)C)nn2-c2cccc(NC(=O)c3ccc(F)cc3)c2)cc1. The van der Waals surface area contributed by atoms with Crippen molar-refractivity contribution in [3.05, 3.63) is 84.2 Å². The number of halogens is 1. The molecule has 1 aromatic heterocycles. The first-order chi connectivity index (χ1) is 16.4. The molecule has 0 spiro atoms. The molecule has 0 aliphatic rings. The molecule has 0 saturated carbocycles. The predicted octanol–water partition coefficient (Wildman–Crippen LogP) is 5.37. The minimum atomic E-state index is -0.397. The molecule has 7 nitrogen and oxygen atoms in total. The van der Waals surface area contributed by atoms with Gasteiger partial charge in [-0.2, -0.15) is 4.98 Å². The maximum atomic E-state index is 13.2. The van der Waals surface area contributed by atoms with E-state index in [2.05, 4.69) is 29.2 Å². The minimum Gasteiger partial charge on any atom is -0.497 e. The van der Waals surface area contributed by atoms with Crippen molar-refractivity contribution < 1.29 is 18.7 Å². The van der Waals surface area contributed by atoms with E-state index in [4.69, 9.17) is 9.47 Å². The monoisotopic (exact) mass is 460 g/mol. The van der Waals surface area contributed by atoms with E-state index in [9.17, 15) is 9.18 Å². The van der Waals surface area contributed by atoms with Gasteiger partial charge in [-0.05, 0) is 72.6 Å². The van der Waals surface area contributed by atoms with E-state index in [1.165, 1.54) is 24.3 Å². The predicted molar refractivity (Wildman–Crippen MR) is 128 cm³/mol. The topological polar surface area (TPSA) is 78.3 Å². The van der Waals surface area contributed by atoms with Crippen LogP contribution < -0.4 is 14.8 Å². The molecular weight excluding hydrogens is 435 g/mol. The highest BCUT2D eigenvalue weighted by Gasteiger charge is 2.16. The summed E-state index contributed by atoms with van der Waals surface area (Å²) in [6.45, 7) is 4.59. The number of carbonyl (C=O) groups excluding carboxylic acids is 1. The number of nitrogens with one attached hydrogen (secondary N) is 1. The van der Waals surface area contributed by atoms with Gasteiger partial charge in [0.1, 0.15) is 11.6 Å². The lowest BCUT2D eigenvalue weighted by atomic mass is 10.2. The van der Waals surface area contributed by atoms with Crippen molar-refractivity contribution in [2.45, 2.75) is 13.8 Å². The summed E-state index contributed by atoms with van der Waals surface area (Å²) in [7, 11) is 1.61. The molecule has 0 aliphatic heterocycles. The lowest BCUT2D eigenvalue weighted by molar-refractivity contribution is 0.102. The minimum absolute atomic E-state index is 0.264. The van der Waals surface area contributed by atoms with Gasteiger partial charge in [-0.1, -0.05) is 19.9 Å². The van der Waals surface area contributed by atoms with E-state index in [0.29, 0.717) is 35.3 Å². The van der Waals surface area contributed by atoms with Crippen molar-refractivity contribution in [2.24, 2.45) is 5.92 Å². The molecule has 0 unspecified atom stereocenters. The highest BCUT2D eigenvalue weighted by Crippen LogP contribution is 2.27. The van der Waals surface area contributed by atoms with Crippen LogP contribution in [-0.4, -0.2) is 34.4 Å². The fourth-order valence-corrected chi connectivity index (χ4v) is 3.22. The van der Waals surface area contributed by atoms with Crippen LogP contribution in [0.2, 0.25) is 0 Å². The quantitative estimate of drug-likeness (QED) is 0.383. The molecule has 0 aliphatic carbocycles. The van der Waals surface area contributed by atoms with Gasteiger partial charge in [-0.25, -0.2) is 9.07 Å². The van der Waals surface area contributed by atoms with Crippen LogP contribution >= 0.6 is 0 Å². The van der Waals surface area contributed by atoms with Gasteiger partial charge in [0.2, 0.25) is 0 Å². The molecule has 174 valence electrons. The maximum Gasteiger partial charge on any atom is 0.336 e. The summed E-state index contributed by atoms with van der Waals surface area (Å²) in [5, 5.41) is 7.40. The smallest absolute Gasteiger partial charge is 0.336 e. The largest absolute Gasteiger partial charge is 0.497 e. The number of anilines is 1. The first-order valence-electron chi connectivity index (χ1n) is 10.8. The van der Waals surface area contributed by atoms with E-state index in [1.807, 2.05) is 36.4 Å². The van der Waals surface area contributed by atoms with E-state index < -0.39 is 5.82 Å². The summed E-state index contributed by atoms with van der Waals surface area (Å²) in [5.41, 5.74) is 2.44. The Balaban J connectivity index is 1.66. The van der Waals surface area contributed by atoms with Gasteiger partial charge in [-0.15, -0.1) is 5.10 Å². The Labute approximate surface area is 197 Å². The van der Waals surface area contributed by atoms with Gasteiger partial charge in [0.15, 0.2) is 5.82 Å². The van der Waals surface area contributed by atoms with Crippen LogP contribution in [0.1, 0.15) is 24.2 Å². The van der Waals surface area contributed by atoms with Crippen molar-refractivity contribution >= 4 is 11.6 Å². The number of benzene rings is 3. The van der Waals surface area contributed by atoms with Crippen LogP contribution in [0.15, 0.2) is 72.8 Å². The van der Waals surface area contributed by atoms with Crippen molar-refractivity contribution in [3.8, 4) is 28.8 Å². The summed E-state index contributed by atoms with van der Waals surface area (Å²) in [5.74, 6) is 0.903. The van der Waals surface area contributed by atoms with Gasteiger partial charge in [-0.3, -0.25) is 4.79 Å². The molecule has 0 saturated heterocycles. The Hall–Kier alpha value is -4.20. The number of ether oxygens (including phenoxy) is 2. The Morgan fingerprint density at radius 2 is 1.79 bits per heavy atom. The van der Waals surface area contributed by atoms with Crippen LogP contribution in [0.25, 0.3) is 17.1 Å². The molecule has 8 heteroatoms. The second kappa shape index (κ2) is 10.2. The molecule has 1 amide bonds. The van der Waals surface area contributed by atoms with Gasteiger partial charge < -0.3 is 14.8 Å². The lowest BCUT2D eigenvalue weighted by Gasteiger charge is -2.10. The van der Waals surface area contributed by atoms with Gasteiger partial charge in [0, 0.05) is 16.8 Å². The molecule has 4 rings (SSSR count). The van der Waals surface area contributed by atoms with Crippen molar-refractivity contribution in [3.63, 3.8) is 0 Å². The average molecular weight is 461 g/mol. The third-order valence-corrected chi connectivity index (χ3v) is 4.94. The fraction of sp³-hybridized carbons (Fsp3) is 0.192. The van der Waals surface area contributed by atoms with E-state index >= 15 is 0 Å². The zero-order valence-electron chi connectivity index (χ0n) is 19.2. The van der Waals surface area contributed by atoms with Crippen LogP contribution in [0.5, 0.6) is 11.8 Å². The Bertz CT molecular complexity index is 1270. The highest BCUT2D eigenvalue weighted by atomic mass is 19.1. The fourth-order valence-electron chi connectivity index (χ4n) is 3.22. The Morgan fingerprint density at radius 3 is 2.47 bits per heavy atom. The normalized spacial score (nSPS) is 10.9. The number of aromatic nitrogens is 3. The first-order valence-corrected chi connectivity index (χ1v) is 10.8. The van der Waals surface area contributed by atoms with Crippen molar-refractivity contribution in [1.29, 1.82) is 0 Å². The highest BCUT2D eigenvalue weighted by molar-refractivity contribution is 6.04. The number of hydrogen-bond acceptors (Lipinski definition) is 5. The molecule has 0 radical (unpaired) electrons. The Morgan fingerprint density at radius 1 is 1.06 bits per heavy atom. The molecule has 0 atom stereocenters. The van der Waals surface area contributed by atoms with Crippen LogP contribution in [0.4, 0.5) is 10.1 Å². The number of methoxy groups -OCH3 is 1. The number of amides is 1. The number of carbonyl (C=O) groups is 1. The van der Waals surface area contributed by atoms with Gasteiger partial charge >= 0.3 is 6.01 Å². The number of nitrogens with zero attached hydrogens (tertiary/aromatic N) is 3. The third kappa shape index (κ3) is 5.40. The van der Waals surface area contributed by atoms with E-state index in [0.717, 1.165) is 11.3 Å². The van der Waals surface area contributed by atoms with E-state index in [1.54, 1.807) is 23.9 Å². The van der Waals surface area contributed by atoms with Crippen molar-refractivity contribution in [2.75, 3.05) is 19.0 Å². The zero-order valence-corrected chi connectivity index (χ0v) is 19.2. The molecule has 0 fully saturated rings. The molecule has 0 bridgehead atoms. The van der Waals surface area contributed by atoms with Crippen LogP contribution in [0, 0.1) is 11.7 Å². The number of hydrogen-bond donors (Lipinski definition) is 1. The summed E-state index contributed by atoms with van der Waals surface area (Å²) >= 11 is 0. The second-order valence-electron chi connectivity index (χ2n) is 8.07. The molecular formula is C26H25FN4O3. The molecule has 34 heavy (non-hydrogen) atoms. The molecule has 1 heterocycles. The van der Waals surface area contributed by atoms with Crippen molar-refractivity contribution in [1.82, 2.24) is 14.8 Å². The van der Waals surface area contributed by atoms with Crippen LogP contribution in [0.3, 0.4) is 0 Å². The first kappa shape index (κ1) is 23.0. The molecule has 3 aromatic carbocycles. The number of rotatable bonds is 8. The standard InChI is InChI=1S/C26H25FN4O3/c1-17(2)16-34-26-29-24(18-9-13-23(33-3)14-10-18)31(30-26)22-6-4-5-21(15-22)28-25(32)19-7-11-20(27)12-8-19/h4-15,17H,16H2,1-3H3,(H,28,32). The molecule has 4 aromatic rings. The molecule has 1 N–H and O–H groups in total. The lowest BCUT2D eigenvalue weighted by Crippen LogP contribution is -2.12. The summed E-state index contributed by atoms with van der Waals surface area (Å²) in [4.78, 5) is 17.2. The summed E-state index contributed by atoms with van der Waals surface area (Å²) < 4.78 is 25.9. The van der Waals surface area contributed by atoms with Crippen LogP contribution in [-0.2, 0) is 0 Å². The Kier molecular flexibility index (Phi) is 6.87. The van der Waals surface area contributed by atoms with Gasteiger partial charge in [0.25, 0.3) is 5.91 Å². The average Bonchev–Trinajstić information content (AvgIpc) is 3.28.